The van der Waals surface area contributed by atoms with Crippen molar-refractivity contribution in [1.29, 1.82) is 0 Å². The molecule has 1 saturated carbocycles. The number of hydrogen-bond acceptors (Lipinski definition) is 4. The Hall–Kier alpha value is -1.68. The average Bonchev–Trinajstić information content (AvgIpc) is 3.07. The average molecular weight is 526 g/mol. The van der Waals surface area contributed by atoms with Crippen LogP contribution in [0.3, 0.4) is 0 Å². The molecule has 0 spiro atoms. The normalized spacial score (nSPS) is 16.0. The van der Waals surface area contributed by atoms with Crippen molar-refractivity contribution in [2.24, 2.45) is 17.5 Å². The molecule has 1 heterocycles. The van der Waals surface area contributed by atoms with Gasteiger partial charge in [-0.3, -0.25) is 0 Å². The number of aryl methyl sites for hydroxylation is 1. The second-order valence-corrected chi connectivity index (χ2v) is 8.11. The Balaban J connectivity index is 0.00000320. The zero-order valence-corrected chi connectivity index (χ0v) is 20.4. The molecule has 7 nitrogen and oxygen atoms in total. The molecule has 1 aliphatic rings. The maximum absolute atomic E-state index is 9.59. The van der Waals surface area contributed by atoms with E-state index < -0.39 is 0 Å². The van der Waals surface area contributed by atoms with Crippen molar-refractivity contribution in [2.75, 3.05) is 13.2 Å². The zero-order valence-electron chi connectivity index (χ0n) is 18.1. The van der Waals surface area contributed by atoms with Crippen LogP contribution in [0, 0.1) is 12.3 Å². The Morgan fingerprint density at radius 3 is 2.50 bits per heavy atom. The summed E-state index contributed by atoms with van der Waals surface area (Å²) in [5.74, 6) is 2.54. The molecule has 1 fully saturated rings. The molecule has 1 aromatic carbocycles. The molecule has 0 bridgehead atoms. The van der Waals surface area contributed by atoms with Crippen LogP contribution in [-0.2, 0) is 20.1 Å². The predicted octanol–water partition coefficient (Wildman–Crippen LogP) is 3.31. The lowest BCUT2D eigenvalue weighted by Crippen LogP contribution is -2.45. The number of aliphatic imine (C=N–C) groups is 1. The topological polar surface area (TPSA) is 87.4 Å². The number of halogens is 1. The summed E-state index contributed by atoms with van der Waals surface area (Å²) in [4.78, 5) is 4.80. The smallest absolute Gasteiger partial charge is 0.191 e. The van der Waals surface area contributed by atoms with E-state index in [2.05, 4.69) is 33.0 Å². The van der Waals surface area contributed by atoms with Crippen molar-refractivity contribution in [2.45, 2.75) is 58.5 Å². The van der Waals surface area contributed by atoms with Crippen LogP contribution in [-0.4, -0.2) is 39.0 Å². The quantitative estimate of drug-likeness (QED) is 0.279. The van der Waals surface area contributed by atoms with E-state index in [1.807, 2.05) is 36.7 Å². The van der Waals surface area contributed by atoms with Gasteiger partial charge in [0.2, 0.25) is 0 Å². The van der Waals surface area contributed by atoms with Gasteiger partial charge in [-0.05, 0) is 37.2 Å². The van der Waals surface area contributed by atoms with Crippen LogP contribution in [0.4, 0.5) is 0 Å². The lowest BCUT2D eigenvalue weighted by Gasteiger charge is -2.37. The third-order valence-corrected chi connectivity index (χ3v) is 6.05. The number of guanidine groups is 1. The van der Waals surface area contributed by atoms with Crippen molar-refractivity contribution in [1.82, 2.24) is 25.4 Å². The summed E-state index contributed by atoms with van der Waals surface area (Å²) in [6.07, 6.45) is 6.94. The first-order chi connectivity index (χ1) is 14.1. The molecule has 0 atom stereocenters. The van der Waals surface area contributed by atoms with Gasteiger partial charge < -0.3 is 20.3 Å². The first-order valence-electron chi connectivity index (χ1n) is 10.6. The number of hydrogen-bond donors (Lipinski definition) is 3. The van der Waals surface area contributed by atoms with Gasteiger partial charge >= 0.3 is 0 Å². The molecule has 3 rings (SSSR count). The highest BCUT2D eigenvalue weighted by Crippen LogP contribution is 2.38. The van der Waals surface area contributed by atoms with Crippen molar-refractivity contribution >= 4 is 29.9 Å². The molecule has 8 heteroatoms. The van der Waals surface area contributed by atoms with E-state index in [0.29, 0.717) is 13.1 Å². The lowest BCUT2D eigenvalue weighted by atomic mass is 9.72. The molecule has 3 N–H and O–H groups in total. The van der Waals surface area contributed by atoms with Gasteiger partial charge in [-0.1, -0.05) is 49.6 Å². The molecule has 0 amide bonds. The first kappa shape index (κ1) is 24.6. The number of aliphatic hydroxyl groups is 1. The monoisotopic (exact) mass is 526 g/mol. The second kappa shape index (κ2) is 12.2. The fraction of sp³-hybridized carbons (Fsp3) is 0.591. The zero-order chi connectivity index (χ0) is 20.5. The summed E-state index contributed by atoms with van der Waals surface area (Å²) in [6, 6.07) is 10.3. The fourth-order valence-electron chi connectivity index (χ4n) is 4.02. The number of rotatable bonds is 8. The van der Waals surface area contributed by atoms with Gasteiger partial charge in [0.15, 0.2) is 11.8 Å². The van der Waals surface area contributed by atoms with E-state index in [0.717, 1.165) is 43.4 Å². The molecule has 30 heavy (non-hydrogen) atoms. The third-order valence-electron chi connectivity index (χ3n) is 6.05. The van der Waals surface area contributed by atoms with Crippen LogP contribution in [0.1, 0.15) is 55.7 Å². The second-order valence-electron chi connectivity index (χ2n) is 8.11. The number of aliphatic hydroxyl groups excluding tert-OH is 1. The Kier molecular flexibility index (Phi) is 10.0. The van der Waals surface area contributed by atoms with E-state index in [-0.39, 0.29) is 36.0 Å². The summed E-state index contributed by atoms with van der Waals surface area (Å²) in [6.45, 7) is 4.18. The summed E-state index contributed by atoms with van der Waals surface area (Å²) in [7, 11) is 1.97. The lowest BCUT2D eigenvalue weighted by molar-refractivity contribution is 0.131. The standard InChI is InChI=1S/C22H34N6O.HI/c1-18-26-27-20(28(18)2)16-24-21(23-15-19-9-5-3-6-10-19)25-17-22(13-14-29)11-7-4-8-12-22;/h3,5-6,9-10,29H,4,7-8,11-17H2,1-2H3,(H2,23,24,25);1H. The van der Waals surface area contributed by atoms with E-state index in [1.165, 1.54) is 24.8 Å². The van der Waals surface area contributed by atoms with Crippen LogP contribution < -0.4 is 10.6 Å². The molecule has 1 aromatic heterocycles. The Morgan fingerprint density at radius 1 is 1.13 bits per heavy atom. The van der Waals surface area contributed by atoms with Crippen LogP contribution in [0.15, 0.2) is 35.3 Å². The molecular weight excluding hydrogens is 491 g/mol. The molecule has 0 unspecified atom stereocenters. The van der Waals surface area contributed by atoms with Gasteiger partial charge in [0.25, 0.3) is 0 Å². The van der Waals surface area contributed by atoms with Gasteiger partial charge in [-0.2, -0.15) is 0 Å². The number of benzene rings is 1. The van der Waals surface area contributed by atoms with Crippen molar-refractivity contribution in [3.63, 3.8) is 0 Å². The van der Waals surface area contributed by atoms with Crippen molar-refractivity contribution in [3.8, 4) is 0 Å². The van der Waals surface area contributed by atoms with Crippen molar-refractivity contribution < 1.29 is 5.11 Å². The van der Waals surface area contributed by atoms with E-state index in [1.54, 1.807) is 0 Å². The van der Waals surface area contributed by atoms with Gasteiger partial charge in [-0.25, -0.2) is 4.99 Å². The van der Waals surface area contributed by atoms with E-state index in [9.17, 15) is 5.11 Å². The highest BCUT2D eigenvalue weighted by Gasteiger charge is 2.31. The fourth-order valence-corrected chi connectivity index (χ4v) is 4.02. The Morgan fingerprint density at radius 2 is 1.87 bits per heavy atom. The van der Waals surface area contributed by atoms with Crippen LogP contribution in [0.5, 0.6) is 0 Å². The Labute approximate surface area is 196 Å². The summed E-state index contributed by atoms with van der Waals surface area (Å²) in [5, 5.41) is 24.9. The maximum atomic E-state index is 9.59. The summed E-state index contributed by atoms with van der Waals surface area (Å²) < 4.78 is 1.98. The maximum Gasteiger partial charge on any atom is 0.191 e. The number of nitrogens with one attached hydrogen (secondary N) is 2. The number of nitrogens with zero attached hydrogens (tertiary/aromatic N) is 4. The predicted molar refractivity (Wildman–Crippen MR) is 131 cm³/mol. The highest BCUT2D eigenvalue weighted by atomic mass is 127. The minimum atomic E-state index is 0. The Bertz CT molecular complexity index is 781. The highest BCUT2D eigenvalue weighted by molar-refractivity contribution is 14.0. The van der Waals surface area contributed by atoms with Crippen LogP contribution in [0.25, 0.3) is 0 Å². The minimum absolute atomic E-state index is 0. The van der Waals surface area contributed by atoms with Crippen LogP contribution >= 0.6 is 24.0 Å². The molecular formula is C22H35IN6O. The van der Waals surface area contributed by atoms with E-state index in [4.69, 9.17) is 4.99 Å². The molecule has 0 aliphatic heterocycles. The van der Waals surface area contributed by atoms with Crippen molar-refractivity contribution in [3.05, 3.63) is 47.5 Å². The summed E-state index contributed by atoms with van der Waals surface area (Å²) in [5.41, 5.74) is 1.33. The largest absolute Gasteiger partial charge is 0.396 e. The SMILES string of the molecule is Cc1nnc(CNC(=NCc2ccccc2)NCC2(CCO)CCCCC2)n1C.I. The molecule has 0 radical (unpaired) electrons. The molecule has 2 aromatic rings. The molecule has 166 valence electrons. The minimum Gasteiger partial charge on any atom is -0.396 e. The number of aromatic nitrogens is 3. The van der Waals surface area contributed by atoms with Gasteiger partial charge in [-0.15, -0.1) is 34.2 Å². The summed E-state index contributed by atoms with van der Waals surface area (Å²) >= 11 is 0. The van der Waals surface area contributed by atoms with Gasteiger partial charge in [0.05, 0.1) is 13.1 Å². The van der Waals surface area contributed by atoms with Crippen LogP contribution in [0.2, 0.25) is 0 Å². The van der Waals surface area contributed by atoms with E-state index >= 15 is 0 Å². The molecule has 1 aliphatic carbocycles. The molecule has 0 saturated heterocycles. The van der Waals surface area contributed by atoms with Gasteiger partial charge in [0.1, 0.15) is 5.82 Å². The first-order valence-corrected chi connectivity index (χ1v) is 10.6. The third kappa shape index (κ3) is 6.94. The van der Waals surface area contributed by atoms with Gasteiger partial charge in [0, 0.05) is 20.2 Å².